The fraction of sp³-hybridized carbons (Fsp3) is 0.200. The van der Waals surface area contributed by atoms with Crippen molar-refractivity contribution in [2.24, 2.45) is 0 Å². The van der Waals surface area contributed by atoms with Gasteiger partial charge in [0.25, 0.3) is 10.0 Å². The first kappa shape index (κ1) is 15.7. The number of aromatic nitrogens is 3. The highest BCUT2D eigenvalue weighted by molar-refractivity contribution is 7.92. The average molecular weight is 348 g/mol. The van der Waals surface area contributed by atoms with Crippen LogP contribution in [0.2, 0.25) is 0 Å². The quantitative estimate of drug-likeness (QED) is 0.769. The number of anilines is 1. The van der Waals surface area contributed by atoms with Crippen LogP contribution < -0.4 is 4.72 Å². The molecule has 3 aromatic heterocycles. The van der Waals surface area contributed by atoms with E-state index in [9.17, 15) is 8.42 Å². The molecule has 0 aliphatic carbocycles. The lowest BCUT2D eigenvalue weighted by molar-refractivity contribution is 0.599. The van der Waals surface area contributed by atoms with Gasteiger partial charge in [-0.3, -0.25) is 9.71 Å². The Morgan fingerprint density at radius 3 is 2.70 bits per heavy atom. The van der Waals surface area contributed by atoms with Crippen molar-refractivity contribution in [3.05, 3.63) is 58.2 Å². The number of sulfonamides is 1. The van der Waals surface area contributed by atoms with Crippen LogP contribution in [0.1, 0.15) is 16.1 Å². The average Bonchev–Trinajstić information content (AvgIpc) is 3.10. The molecule has 0 radical (unpaired) electrons. The van der Waals surface area contributed by atoms with E-state index in [1.807, 2.05) is 25.3 Å². The Balaban J connectivity index is 1.85. The Kier molecular flexibility index (Phi) is 4.18. The maximum Gasteiger partial charge on any atom is 0.264 e. The summed E-state index contributed by atoms with van der Waals surface area (Å²) >= 11 is 1.62. The lowest BCUT2D eigenvalue weighted by atomic mass is 10.3. The molecule has 0 fully saturated rings. The Morgan fingerprint density at radius 2 is 2.04 bits per heavy atom. The summed E-state index contributed by atoms with van der Waals surface area (Å²) in [5, 5.41) is 6.21. The van der Waals surface area contributed by atoms with Gasteiger partial charge in [0.05, 0.1) is 12.7 Å². The molecular formula is C15H16N4O2S2. The zero-order valence-corrected chi connectivity index (χ0v) is 14.4. The first-order chi connectivity index (χ1) is 11.0. The normalized spacial score (nSPS) is 11.6. The van der Waals surface area contributed by atoms with Crippen molar-refractivity contribution in [1.29, 1.82) is 0 Å². The first-order valence-electron chi connectivity index (χ1n) is 6.96. The molecule has 23 heavy (non-hydrogen) atoms. The highest BCUT2D eigenvalue weighted by Gasteiger charge is 2.17. The Morgan fingerprint density at radius 1 is 1.22 bits per heavy atom. The van der Waals surface area contributed by atoms with E-state index < -0.39 is 10.0 Å². The predicted octanol–water partition coefficient (Wildman–Crippen LogP) is 2.81. The second-order valence-corrected chi connectivity index (χ2v) is 7.82. The van der Waals surface area contributed by atoms with Crippen LogP contribution in [0.3, 0.4) is 0 Å². The summed E-state index contributed by atoms with van der Waals surface area (Å²) < 4.78 is 29.1. The summed E-state index contributed by atoms with van der Waals surface area (Å²) in [6, 6.07) is 6.88. The molecule has 3 heterocycles. The fourth-order valence-electron chi connectivity index (χ4n) is 2.06. The van der Waals surface area contributed by atoms with Crippen LogP contribution >= 0.6 is 11.3 Å². The zero-order chi connectivity index (χ0) is 16.4. The maximum atomic E-state index is 12.4. The van der Waals surface area contributed by atoms with E-state index in [1.165, 1.54) is 17.8 Å². The van der Waals surface area contributed by atoms with Crippen molar-refractivity contribution >= 4 is 27.2 Å². The van der Waals surface area contributed by atoms with Gasteiger partial charge in [-0.1, -0.05) is 0 Å². The highest BCUT2D eigenvalue weighted by Crippen LogP contribution is 2.20. The maximum absolute atomic E-state index is 12.4. The van der Waals surface area contributed by atoms with Crippen LogP contribution in [-0.4, -0.2) is 23.2 Å². The second-order valence-electron chi connectivity index (χ2n) is 5.14. The van der Waals surface area contributed by atoms with Gasteiger partial charge in [0.1, 0.15) is 10.7 Å². The van der Waals surface area contributed by atoms with Crippen molar-refractivity contribution in [3.8, 4) is 0 Å². The van der Waals surface area contributed by atoms with E-state index in [2.05, 4.69) is 14.8 Å². The van der Waals surface area contributed by atoms with Crippen molar-refractivity contribution in [2.75, 3.05) is 4.72 Å². The van der Waals surface area contributed by atoms with Crippen LogP contribution in [0.5, 0.6) is 0 Å². The second kappa shape index (κ2) is 6.13. The van der Waals surface area contributed by atoms with E-state index in [-0.39, 0.29) is 4.90 Å². The zero-order valence-electron chi connectivity index (χ0n) is 12.7. The third kappa shape index (κ3) is 3.43. The topological polar surface area (TPSA) is 76.9 Å². The molecule has 1 N–H and O–H groups in total. The molecule has 8 heteroatoms. The molecule has 6 nitrogen and oxygen atoms in total. The molecular weight excluding hydrogens is 332 g/mol. The summed E-state index contributed by atoms with van der Waals surface area (Å²) in [5.41, 5.74) is 1.93. The summed E-state index contributed by atoms with van der Waals surface area (Å²) in [6.45, 7) is 4.36. The summed E-state index contributed by atoms with van der Waals surface area (Å²) in [4.78, 5) is 5.30. The van der Waals surface area contributed by atoms with Gasteiger partial charge in [0, 0.05) is 22.8 Å². The number of rotatable bonds is 5. The van der Waals surface area contributed by atoms with Crippen LogP contribution in [0, 0.1) is 13.8 Å². The number of hydrogen-bond acceptors (Lipinski definition) is 5. The van der Waals surface area contributed by atoms with Crippen molar-refractivity contribution < 1.29 is 8.42 Å². The Hall–Kier alpha value is -2.19. The van der Waals surface area contributed by atoms with Gasteiger partial charge < -0.3 is 0 Å². The van der Waals surface area contributed by atoms with E-state index in [0.717, 1.165) is 10.6 Å². The molecule has 0 spiro atoms. The van der Waals surface area contributed by atoms with E-state index in [4.69, 9.17) is 0 Å². The van der Waals surface area contributed by atoms with Crippen LogP contribution in [-0.2, 0) is 16.6 Å². The third-order valence-corrected chi connectivity index (χ3v) is 5.76. The molecule has 0 aromatic carbocycles. The van der Waals surface area contributed by atoms with Gasteiger partial charge in [-0.25, -0.2) is 13.1 Å². The van der Waals surface area contributed by atoms with Gasteiger partial charge in [0.2, 0.25) is 0 Å². The minimum absolute atomic E-state index is 0.128. The number of nitrogens with zero attached hydrogens (tertiary/aromatic N) is 3. The molecule has 0 saturated heterocycles. The molecule has 0 unspecified atom stereocenters. The largest absolute Gasteiger partial charge is 0.264 e. The summed E-state index contributed by atoms with van der Waals surface area (Å²) in [5.74, 6) is 0.429. The predicted molar refractivity (Wildman–Crippen MR) is 90.2 cm³/mol. The molecule has 0 atom stereocenters. The van der Waals surface area contributed by atoms with E-state index in [0.29, 0.717) is 12.4 Å². The lowest BCUT2D eigenvalue weighted by Crippen LogP contribution is -2.17. The Bertz CT molecular complexity index is 911. The Labute approximate surface area is 138 Å². The van der Waals surface area contributed by atoms with Gasteiger partial charge >= 0.3 is 0 Å². The van der Waals surface area contributed by atoms with Crippen molar-refractivity contribution in [2.45, 2.75) is 25.3 Å². The van der Waals surface area contributed by atoms with Gasteiger partial charge in [-0.15, -0.1) is 11.3 Å². The van der Waals surface area contributed by atoms with E-state index in [1.54, 1.807) is 34.3 Å². The third-order valence-electron chi connectivity index (χ3n) is 3.41. The smallest absolute Gasteiger partial charge is 0.264 e. The standard InChI is InChI=1S/C15H16N4O2S2/c1-11-6-8-22-14(11)10-19-15(5-7-17-19)18-23(20,21)13-4-3-12(2)16-9-13/h3-9,18H,10H2,1-2H3. The number of thiophene rings is 1. The van der Waals surface area contributed by atoms with Gasteiger partial charge in [-0.2, -0.15) is 5.10 Å². The number of nitrogens with one attached hydrogen (secondary N) is 1. The molecule has 3 aromatic rings. The summed E-state index contributed by atoms with van der Waals surface area (Å²) in [6.07, 6.45) is 2.93. The molecule has 0 aliphatic heterocycles. The van der Waals surface area contributed by atoms with Crippen molar-refractivity contribution in [1.82, 2.24) is 14.8 Å². The van der Waals surface area contributed by atoms with Crippen LogP contribution in [0.25, 0.3) is 0 Å². The number of pyridine rings is 1. The first-order valence-corrected chi connectivity index (χ1v) is 9.32. The molecule has 3 rings (SSSR count). The molecule has 0 saturated carbocycles. The minimum atomic E-state index is -3.68. The van der Waals surface area contributed by atoms with Crippen LogP contribution in [0.4, 0.5) is 5.82 Å². The molecule has 120 valence electrons. The number of aryl methyl sites for hydroxylation is 2. The molecule has 0 amide bonds. The molecule has 0 aliphatic rings. The fourth-order valence-corrected chi connectivity index (χ4v) is 3.95. The lowest BCUT2D eigenvalue weighted by Gasteiger charge is -2.10. The SMILES string of the molecule is Cc1ccc(S(=O)(=O)Nc2ccnn2Cc2sccc2C)cn1. The highest BCUT2D eigenvalue weighted by atomic mass is 32.2. The monoisotopic (exact) mass is 348 g/mol. The van der Waals surface area contributed by atoms with Crippen LogP contribution in [0.15, 0.2) is 46.9 Å². The summed E-state index contributed by atoms with van der Waals surface area (Å²) in [7, 11) is -3.68. The van der Waals surface area contributed by atoms with Crippen molar-refractivity contribution in [3.63, 3.8) is 0 Å². The molecule has 0 bridgehead atoms. The number of hydrogen-bond donors (Lipinski definition) is 1. The van der Waals surface area contributed by atoms with Gasteiger partial charge in [-0.05, 0) is 43.0 Å². The van der Waals surface area contributed by atoms with E-state index >= 15 is 0 Å². The minimum Gasteiger partial charge on any atom is -0.264 e. The van der Waals surface area contributed by atoms with Gasteiger partial charge in [0.15, 0.2) is 0 Å².